The average Bonchev–Trinajstić information content (AvgIpc) is 2.39. The fourth-order valence-electron chi connectivity index (χ4n) is 2.05. The van der Waals surface area contributed by atoms with Gasteiger partial charge in [-0.25, -0.2) is 0 Å². The molecule has 1 aliphatic carbocycles. The Balaban J connectivity index is 2.10. The maximum absolute atomic E-state index is 11.1. The fourth-order valence-corrected chi connectivity index (χ4v) is 3.06. The number of hydrogen-bond acceptors (Lipinski definition) is 4. The van der Waals surface area contributed by atoms with Gasteiger partial charge < -0.3 is 9.53 Å². The molecule has 0 saturated carbocycles. The second-order valence-electron chi connectivity index (χ2n) is 4.46. The van der Waals surface area contributed by atoms with E-state index >= 15 is 0 Å². The lowest BCUT2D eigenvalue weighted by Crippen LogP contribution is -2.28. The standard InChI is InChI=1S/C15H16O3S/c1-11(17)18-15-9-14(8-7-12(15)10-16)19-13-5-3-2-4-6-13/h2-6,9-10,12,15H,7-8H2,1H3. The molecule has 0 heterocycles. The number of carbonyl (C=O) groups excluding carboxylic acids is 2. The summed E-state index contributed by atoms with van der Waals surface area (Å²) in [5.74, 6) is -0.567. The monoisotopic (exact) mass is 276 g/mol. The first-order valence-electron chi connectivity index (χ1n) is 6.25. The quantitative estimate of drug-likeness (QED) is 0.625. The Morgan fingerprint density at radius 3 is 2.74 bits per heavy atom. The maximum Gasteiger partial charge on any atom is 0.303 e. The van der Waals surface area contributed by atoms with Crippen LogP contribution in [0.4, 0.5) is 0 Å². The van der Waals surface area contributed by atoms with Crippen LogP contribution in [-0.2, 0) is 14.3 Å². The lowest BCUT2D eigenvalue weighted by molar-refractivity contribution is -0.147. The van der Waals surface area contributed by atoms with Crippen molar-refractivity contribution in [1.82, 2.24) is 0 Å². The Labute approximate surface area is 117 Å². The van der Waals surface area contributed by atoms with Crippen LogP contribution in [0.25, 0.3) is 0 Å². The topological polar surface area (TPSA) is 43.4 Å². The zero-order chi connectivity index (χ0) is 13.7. The minimum atomic E-state index is -0.421. The first-order valence-corrected chi connectivity index (χ1v) is 7.07. The summed E-state index contributed by atoms with van der Waals surface area (Å²) in [4.78, 5) is 24.4. The molecular weight excluding hydrogens is 260 g/mol. The van der Waals surface area contributed by atoms with E-state index in [0.717, 1.165) is 28.9 Å². The molecule has 2 rings (SSSR count). The highest BCUT2D eigenvalue weighted by Crippen LogP contribution is 2.35. The van der Waals surface area contributed by atoms with Crippen LogP contribution >= 0.6 is 11.8 Å². The van der Waals surface area contributed by atoms with Gasteiger partial charge in [0.05, 0.1) is 5.92 Å². The molecule has 0 spiro atoms. The van der Waals surface area contributed by atoms with Crippen molar-refractivity contribution >= 4 is 24.0 Å². The number of aldehydes is 1. The predicted octanol–water partition coefficient (Wildman–Crippen LogP) is 3.20. The maximum atomic E-state index is 11.1. The van der Waals surface area contributed by atoms with Gasteiger partial charge in [0.1, 0.15) is 12.4 Å². The van der Waals surface area contributed by atoms with Gasteiger partial charge >= 0.3 is 5.97 Å². The van der Waals surface area contributed by atoms with E-state index < -0.39 is 6.10 Å². The van der Waals surface area contributed by atoms with Crippen molar-refractivity contribution in [3.05, 3.63) is 41.3 Å². The number of rotatable bonds is 4. The van der Waals surface area contributed by atoms with Crippen molar-refractivity contribution in [2.45, 2.75) is 30.8 Å². The minimum Gasteiger partial charge on any atom is -0.458 e. The van der Waals surface area contributed by atoms with Crippen molar-refractivity contribution in [2.75, 3.05) is 0 Å². The SMILES string of the molecule is CC(=O)OC1C=C(Sc2ccccc2)CCC1C=O. The van der Waals surface area contributed by atoms with Crippen LogP contribution in [0, 0.1) is 5.92 Å². The molecule has 0 amide bonds. The van der Waals surface area contributed by atoms with Gasteiger partial charge in [-0.3, -0.25) is 4.79 Å². The number of allylic oxidation sites excluding steroid dienone is 1. The summed E-state index contributed by atoms with van der Waals surface area (Å²) >= 11 is 1.66. The molecule has 4 heteroatoms. The Kier molecular flexibility index (Phi) is 4.80. The lowest BCUT2D eigenvalue weighted by Gasteiger charge is -2.25. The van der Waals surface area contributed by atoms with Gasteiger partial charge in [-0.1, -0.05) is 30.0 Å². The summed E-state index contributed by atoms with van der Waals surface area (Å²) in [5.41, 5.74) is 0. The van der Waals surface area contributed by atoms with E-state index in [9.17, 15) is 9.59 Å². The highest BCUT2D eigenvalue weighted by Gasteiger charge is 2.27. The summed E-state index contributed by atoms with van der Waals surface area (Å²) in [6, 6.07) is 10.0. The number of ether oxygens (including phenoxy) is 1. The number of esters is 1. The van der Waals surface area contributed by atoms with Crippen LogP contribution in [0.15, 0.2) is 46.2 Å². The number of carbonyl (C=O) groups is 2. The number of thioether (sulfide) groups is 1. The van der Waals surface area contributed by atoms with Crippen molar-refractivity contribution in [1.29, 1.82) is 0 Å². The summed E-state index contributed by atoms with van der Waals surface area (Å²) in [5, 5.41) is 0. The largest absolute Gasteiger partial charge is 0.458 e. The molecule has 0 aliphatic heterocycles. The molecule has 1 aromatic rings. The van der Waals surface area contributed by atoms with Crippen molar-refractivity contribution < 1.29 is 14.3 Å². The van der Waals surface area contributed by atoms with Crippen LogP contribution in [0.5, 0.6) is 0 Å². The van der Waals surface area contributed by atoms with Crippen LogP contribution in [0.1, 0.15) is 19.8 Å². The van der Waals surface area contributed by atoms with Gasteiger partial charge in [0.15, 0.2) is 0 Å². The third kappa shape index (κ3) is 3.96. The van der Waals surface area contributed by atoms with Gasteiger partial charge in [-0.05, 0) is 36.0 Å². The summed E-state index contributed by atoms with van der Waals surface area (Å²) < 4.78 is 5.20. The molecule has 0 N–H and O–H groups in total. The Hall–Kier alpha value is -1.55. The van der Waals surface area contributed by atoms with Gasteiger partial charge in [0, 0.05) is 11.8 Å². The van der Waals surface area contributed by atoms with E-state index in [1.165, 1.54) is 6.92 Å². The molecule has 19 heavy (non-hydrogen) atoms. The average molecular weight is 276 g/mol. The van der Waals surface area contributed by atoms with Crippen molar-refractivity contribution in [3.63, 3.8) is 0 Å². The minimum absolute atomic E-state index is 0.218. The van der Waals surface area contributed by atoms with Gasteiger partial charge in [-0.2, -0.15) is 0 Å². The first-order chi connectivity index (χ1) is 9.19. The highest BCUT2D eigenvalue weighted by atomic mass is 32.2. The second kappa shape index (κ2) is 6.57. The van der Waals surface area contributed by atoms with Crippen LogP contribution in [0.3, 0.4) is 0 Å². The summed E-state index contributed by atoms with van der Waals surface area (Å²) in [6.45, 7) is 1.37. The predicted molar refractivity (Wildman–Crippen MR) is 74.7 cm³/mol. The Morgan fingerprint density at radius 2 is 2.11 bits per heavy atom. The van der Waals surface area contributed by atoms with Crippen LogP contribution in [0.2, 0.25) is 0 Å². The van der Waals surface area contributed by atoms with E-state index in [4.69, 9.17) is 4.74 Å². The third-order valence-corrected chi connectivity index (χ3v) is 4.08. The normalized spacial score (nSPS) is 22.5. The molecule has 2 atom stereocenters. The first kappa shape index (κ1) is 13.9. The number of benzene rings is 1. The molecule has 1 aliphatic rings. The fraction of sp³-hybridized carbons (Fsp3) is 0.333. The molecule has 2 unspecified atom stereocenters. The van der Waals surface area contributed by atoms with E-state index in [1.807, 2.05) is 36.4 Å². The Morgan fingerprint density at radius 1 is 1.37 bits per heavy atom. The van der Waals surface area contributed by atoms with Gasteiger partial charge in [0.2, 0.25) is 0 Å². The van der Waals surface area contributed by atoms with Crippen LogP contribution in [-0.4, -0.2) is 18.4 Å². The van der Waals surface area contributed by atoms with Gasteiger partial charge in [0.25, 0.3) is 0 Å². The highest BCUT2D eigenvalue weighted by molar-refractivity contribution is 8.03. The summed E-state index contributed by atoms with van der Waals surface area (Å²) in [7, 11) is 0. The second-order valence-corrected chi connectivity index (χ2v) is 5.66. The van der Waals surface area contributed by atoms with Gasteiger partial charge in [-0.15, -0.1) is 0 Å². The molecule has 3 nitrogen and oxygen atoms in total. The van der Waals surface area contributed by atoms with E-state index in [0.29, 0.717) is 0 Å². The lowest BCUT2D eigenvalue weighted by atomic mass is 9.93. The molecular formula is C15H16O3S. The smallest absolute Gasteiger partial charge is 0.303 e. The molecule has 0 saturated heterocycles. The summed E-state index contributed by atoms with van der Waals surface area (Å²) in [6.07, 6.45) is 3.94. The third-order valence-electron chi connectivity index (χ3n) is 2.97. The molecule has 0 bridgehead atoms. The molecule has 0 radical (unpaired) electrons. The van der Waals surface area contributed by atoms with Crippen molar-refractivity contribution in [3.8, 4) is 0 Å². The van der Waals surface area contributed by atoms with E-state index in [1.54, 1.807) is 11.8 Å². The van der Waals surface area contributed by atoms with E-state index in [-0.39, 0.29) is 11.9 Å². The zero-order valence-corrected chi connectivity index (χ0v) is 11.6. The van der Waals surface area contributed by atoms with E-state index in [2.05, 4.69) is 0 Å². The molecule has 1 aromatic carbocycles. The molecule has 0 fully saturated rings. The van der Waals surface area contributed by atoms with Crippen molar-refractivity contribution in [2.24, 2.45) is 5.92 Å². The molecule has 0 aromatic heterocycles. The van der Waals surface area contributed by atoms with Crippen LogP contribution < -0.4 is 0 Å². The Bertz CT molecular complexity index is 481. The number of hydrogen-bond donors (Lipinski definition) is 0. The molecule has 100 valence electrons. The zero-order valence-electron chi connectivity index (χ0n) is 10.7.